The number of fused-ring (bicyclic) bond motifs is 1. The molecule has 7 heteroatoms. The molecule has 114 valence electrons. The number of ether oxygens (including phenoxy) is 1. The van der Waals surface area contributed by atoms with Crippen LogP contribution in [0, 0.1) is 19.7 Å². The molecule has 22 heavy (non-hydrogen) atoms. The van der Waals surface area contributed by atoms with E-state index in [1.165, 1.54) is 11.0 Å². The van der Waals surface area contributed by atoms with E-state index in [2.05, 4.69) is 26.1 Å². The van der Waals surface area contributed by atoms with Crippen LogP contribution in [0.1, 0.15) is 16.8 Å². The zero-order chi connectivity index (χ0) is 15.9. The highest BCUT2D eigenvalue weighted by Gasteiger charge is 2.29. The van der Waals surface area contributed by atoms with Crippen LogP contribution in [0.4, 0.5) is 10.1 Å². The molecule has 0 saturated heterocycles. The first kappa shape index (κ1) is 14.9. The highest BCUT2D eigenvalue weighted by atomic mass is 79.9. The Morgan fingerprint density at radius 2 is 2.18 bits per heavy atom. The number of hydrogen-bond donors (Lipinski definition) is 0. The lowest BCUT2D eigenvalue weighted by atomic mass is 10.1. The Hall–Kier alpha value is -2.02. The number of carbonyl (C=O) groups is 1. The van der Waals surface area contributed by atoms with Crippen LogP contribution in [0.2, 0.25) is 0 Å². The van der Waals surface area contributed by atoms with Crippen molar-refractivity contribution in [2.24, 2.45) is 0 Å². The highest BCUT2D eigenvalue weighted by molar-refractivity contribution is 9.10. The van der Waals surface area contributed by atoms with Crippen LogP contribution in [0.5, 0.6) is 5.75 Å². The summed E-state index contributed by atoms with van der Waals surface area (Å²) in [6, 6.07) is 2.99. The molecule has 1 aromatic heterocycles. The lowest BCUT2D eigenvalue weighted by Crippen LogP contribution is -2.39. The number of amides is 1. The molecular weight excluding hydrogens is 353 g/mol. The Morgan fingerprint density at radius 3 is 2.91 bits per heavy atom. The summed E-state index contributed by atoms with van der Waals surface area (Å²) in [4.78, 5) is 13.8. The topological polar surface area (TPSA) is 55.3 Å². The lowest BCUT2D eigenvalue weighted by molar-refractivity contribution is -0.121. The number of rotatable bonds is 2. The molecule has 1 amide bonds. The summed E-state index contributed by atoms with van der Waals surface area (Å²) < 4.78 is 19.8. The maximum Gasteiger partial charge on any atom is 0.265 e. The van der Waals surface area contributed by atoms with Gasteiger partial charge in [-0.15, -0.1) is 0 Å². The van der Waals surface area contributed by atoms with E-state index in [0.29, 0.717) is 16.7 Å². The molecule has 0 radical (unpaired) electrons. The molecule has 2 heterocycles. The summed E-state index contributed by atoms with van der Waals surface area (Å²) in [7, 11) is 0. The molecule has 0 bridgehead atoms. The molecule has 1 aliphatic heterocycles. The monoisotopic (exact) mass is 365 g/mol. The Balaban J connectivity index is 2.07. The number of nitrogens with zero attached hydrogens (tertiary/aromatic N) is 3. The fourth-order valence-corrected chi connectivity index (χ4v) is 2.85. The second-order valence-electron chi connectivity index (χ2n) is 5.10. The standard InChI is InChI=1S/C15H13BrFN3O2/c1-8-5-18-19-9(2)11(8)6-20-13-4-10(16)3-12(17)15(13)22-7-14(20)21/h3-5H,6-7H2,1-2H3. The number of aromatic nitrogens is 2. The number of anilines is 1. The van der Waals surface area contributed by atoms with Gasteiger partial charge in [-0.3, -0.25) is 4.79 Å². The van der Waals surface area contributed by atoms with Gasteiger partial charge in [0, 0.05) is 4.47 Å². The second kappa shape index (κ2) is 5.64. The van der Waals surface area contributed by atoms with Crippen molar-refractivity contribution in [1.29, 1.82) is 0 Å². The number of aryl methyl sites for hydroxylation is 2. The van der Waals surface area contributed by atoms with Crippen LogP contribution >= 0.6 is 15.9 Å². The molecule has 1 aliphatic rings. The Bertz CT molecular complexity index is 746. The Kier molecular flexibility index (Phi) is 3.82. The van der Waals surface area contributed by atoms with E-state index < -0.39 is 5.82 Å². The van der Waals surface area contributed by atoms with Gasteiger partial charge in [0.05, 0.1) is 24.1 Å². The fraction of sp³-hybridized carbons (Fsp3) is 0.267. The van der Waals surface area contributed by atoms with Crippen molar-refractivity contribution in [2.75, 3.05) is 11.5 Å². The predicted molar refractivity (Wildman–Crippen MR) is 82.3 cm³/mol. The van der Waals surface area contributed by atoms with E-state index >= 15 is 0 Å². The molecule has 0 aliphatic carbocycles. The zero-order valence-corrected chi connectivity index (χ0v) is 13.6. The van der Waals surface area contributed by atoms with Crippen LogP contribution in [-0.4, -0.2) is 22.7 Å². The van der Waals surface area contributed by atoms with Gasteiger partial charge < -0.3 is 9.64 Å². The second-order valence-corrected chi connectivity index (χ2v) is 6.01. The van der Waals surface area contributed by atoms with E-state index in [4.69, 9.17) is 4.74 Å². The summed E-state index contributed by atoms with van der Waals surface area (Å²) in [6.07, 6.45) is 1.65. The first-order valence-corrected chi connectivity index (χ1v) is 7.46. The van der Waals surface area contributed by atoms with Crippen molar-refractivity contribution in [3.8, 4) is 5.75 Å². The van der Waals surface area contributed by atoms with Gasteiger partial charge in [-0.05, 0) is 37.1 Å². The zero-order valence-electron chi connectivity index (χ0n) is 12.1. The molecule has 1 aromatic carbocycles. The van der Waals surface area contributed by atoms with Gasteiger partial charge in [-0.1, -0.05) is 15.9 Å². The largest absolute Gasteiger partial charge is 0.478 e. The van der Waals surface area contributed by atoms with E-state index in [1.54, 1.807) is 12.3 Å². The average Bonchev–Trinajstić information content (AvgIpc) is 2.44. The van der Waals surface area contributed by atoms with Crippen molar-refractivity contribution in [1.82, 2.24) is 10.2 Å². The number of halogens is 2. The van der Waals surface area contributed by atoms with Gasteiger partial charge in [0.1, 0.15) is 0 Å². The Labute approximate surface area is 135 Å². The summed E-state index contributed by atoms with van der Waals surface area (Å²) in [5.41, 5.74) is 3.00. The van der Waals surface area contributed by atoms with Gasteiger partial charge in [0.2, 0.25) is 0 Å². The van der Waals surface area contributed by atoms with Gasteiger partial charge >= 0.3 is 0 Å². The van der Waals surface area contributed by atoms with Crippen molar-refractivity contribution < 1.29 is 13.9 Å². The molecule has 0 spiro atoms. The van der Waals surface area contributed by atoms with Crippen LogP contribution in [0.25, 0.3) is 0 Å². The smallest absolute Gasteiger partial charge is 0.265 e. The molecule has 0 saturated carbocycles. The van der Waals surface area contributed by atoms with E-state index in [0.717, 1.165) is 16.8 Å². The van der Waals surface area contributed by atoms with E-state index in [9.17, 15) is 9.18 Å². The lowest BCUT2D eigenvalue weighted by Gasteiger charge is -2.30. The third-order valence-corrected chi connectivity index (χ3v) is 4.07. The molecule has 0 atom stereocenters. The van der Waals surface area contributed by atoms with Crippen molar-refractivity contribution in [3.63, 3.8) is 0 Å². The minimum absolute atomic E-state index is 0.0973. The SMILES string of the molecule is Cc1cnnc(C)c1CN1C(=O)COc2c(F)cc(Br)cc21. The summed E-state index contributed by atoms with van der Waals surface area (Å²) in [5.74, 6) is -0.621. The van der Waals surface area contributed by atoms with Crippen LogP contribution in [0.15, 0.2) is 22.8 Å². The maximum absolute atomic E-state index is 14.0. The van der Waals surface area contributed by atoms with Crippen LogP contribution in [-0.2, 0) is 11.3 Å². The summed E-state index contributed by atoms with van der Waals surface area (Å²) in [5, 5.41) is 7.90. The van der Waals surface area contributed by atoms with Crippen LogP contribution < -0.4 is 9.64 Å². The molecule has 3 rings (SSSR count). The van der Waals surface area contributed by atoms with Crippen molar-refractivity contribution in [3.05, 3.63) is 45.4 Å². The first-order chi connectivity index (χ1) is 10.5. The number of benzene rings is 1. The van der Waals surface area contributed by atoms with E-state index in [-0.39, 0.29) is 18.3 Å². The highest BCUT2D eigenvalue weighted by Crippen LogP contribution is 2.38. The molecule has 5 nitrogen and oxygen atoms in total. The minimum Gasteiger partial charge on any atom is -0.478 e. The first-order valence-electron chi connectivity index (χ1n) is 6.67. The van der Waals surface area contributed by atoms with Gasteiger partial charge in [-0.2, -0.15) is 10.2 Å². The van der Waals surface area contributed by atoms with Gasteiger partial charge in [0.25, 0.3) is 5.91 Å². The van der Waals surface area contributed by atoms with Crippen molar-refractivity contribution >= 4 is 27.5 Å². The molecule has 0 unspecified atom stereocenters. The van der Waals surface area contributed by atoms with Gasteiger partial charge in [-0.25, -0.2) is 4.39 Å². The minimum atomic E-state index is -0.497. The molecular formula is C15H13BrFN3O2. The van der Waals surface area contributed by atoms with E-state index in [1.807, 2.05) is 13.8 Å². The van der Waals surface area contributed by atoms with Gasteiger partial charge in [0.15, 0.2) is 18.2 Å². The quantitative estimate of drug-likeness (QED) is 0.820. The maximum atomic E-state index is 14.0. The number of hydrogen-bond acceptors (Lipinski definition) is 4. The normalized spacial score (nSPS) is 13.8. The number of carbonyl (C=O) groups excluding carboxylic acids is 1. The molecule has 0 N–H and O–H groups in total. The molecule has 2 aromatic rings. The Morgan fingerprint density at radius 1 is 1.41 bits per heavy atom. The fourth-order valence-electron chi connectivity index (χ4n) is 2.43. The van der Waals surface area contributed by atoms with Crippen LogP contribution in [0.3, 0.4) is 0 Å². The predicted octanol–water partition coefficient (Wildman–Crippen LogP) is 2.92. The van der Waals surface area contributed by atoms with Crippen molar-refractivity contribution in [2.45, 2.75) is 20.4 Å². The third kappa shape index (κ3) is 2.56. The third-order valence-electron chi connectivity index (χ3n) is 3.61. The summed E-state index contributed by atoms with van der Waals surface area (Å²) >= 11 is 3.25. The average molecular weight is 366 g/mol. The molecule has 0 fully saturated rings. The summed E-state index contributed by atoms with van der Waals surface area (Å²) in [6.45, 7) is 3.87.